The quantitative estimate of drug-likeness (QED) is 0.164. The fraction of sp³-hybridized carbons (Fsp3) is 0.219. The maximum Gasteiger partial charge on any atom is 0.245 e. The van der Waals surface area contributed by atoms with Gasteiger partial charge in [0.05, 0.1) is 29.7 Å². The number of halogens is 1. The summed E-state index contributed by atoms with van der Waals surface area (Å²) in [4.78, 5) is 30.9. The molecule has 0 spiro atoms. The highest BCUT2D eigenvalue weighted by Crippen LogP contribution is 2.35. The van der Waals surface area contributed by atoms with Gasteiger partial charge in [0.25, 0.3) is 0 Å². The zero-order chi connectivity index (χ0) is 31.1. The van der Waals surface area contributed by atoms with E-state index in [-0.39, 0.29) is 29.3 Å². The van der Waals surface area contributed by atoms with Crippen molar-refractivity contribution in [3.8, 4) is 17.4 Å². The lowest BCUT2D eigenvalue weighted by Gasteiger charge is -2.32. The van der Waals surface area contributed by atoms with Crippen molar-refractivity contribution in [3.63, 3.8) is 0 Å². The highest BCUT2D eigenvalue weighted by molar-refractivity contribution is 6.08. The Morgan fingerprint density at radius 3 is 2.68 bits per heavy atom. The topological polar surface area (TPSA) is 140 Å². The molecule has 0 unspecified atom stereocenters. The van der Waals surface area contributed by atoms with Crippen molar-refractivity contribution in [2.75, 3.05) is 37.9 Å². The van der Waals surface area contributed by atoms with Gasteiger partial charge in [-0.05, 0) is 43.2 Å². The van der Waals surface area contributed by atoms with Crippen molar-refractivity contribution in [1.29, 1.82) is 0 Å². The van der Waals surface area contributed by atoms with E-state index in [0.29, 0.717) is 46.8 Å². The van der Waals surface area contributed by atoms with Crippen molar-refractivity contribution >= 4 is 45.8 Å². The fourth-order valence-electron chi connectivity index (χ4n) is 4.93. The van der Waals surface area contributed by atoms with Crippen LogP contribution in [-0.4, -0.2) is 65.3 Å². The molecule has 4 aromatic rings. The Bertz CT molecular complexity index is 1730. The predicted molar refractivity (Wildman–Crippen MR) is 170 cm³/mol. The Morgan fingerprint density at radius 2 is 1.98 bits per heavy atom. The molecular formula is C32H33FN8O3. The van der Waals surface area contributed by atoms with E-state index in [1.165, 1.54) is 24.7 Å². The monoisotopic (exact) mass is 596 g/mol. The van der Waals surface area contributed by atoms with Gasteiger partial charge in [-0.3, -0.25) is 9.79 Å². The summed E-state index contributed by atoms with van der Waals surface area (Å²) >= 11 is 0. The van der Waals surface area contributed by atoms with E-state index in [4.69, 9.17) is 15.2 Å². The molecule has 0 bridgehead atoms. The number of benzene rings is 2. The minimum absolute atomic E-state index is 0.0614. The van der Waals surface area contributed by atoms with Crippen LogP contribution in [0, 0.1) is 5.82 Å². The number of pyridine rings is 1. The average molecular weight is 597 g/mol. The predicted octanol–water partition coefficient (Wildman–Crippen LogP) is 5.30. The van der Waals surface area contributed by atoms with Crippen molar-refractivity contribution in [2.45, 2.75) is 18.9 Å². The van der Waals surface area contributed by atoms with Crippen LogP contribution in [-0.2, 0) is 4.79 Å². The van der Waals surface area contributed by atoms with E-state index in [2.05, 4.69) is 37.2 Å². The molecule has 4 N–H and O–H groups in total. The number of nitrogens with one attached hydrogen (secondary N) is 2. The summed E-state index contributed by atoms with van der Waals surface area (Å²) in [6.45, 7) is 4.84. The lowest BCUT2D eigenvalue weighted by atomic mass is 10.0. The number of likely N-dealkylation sites (tertiary alicyclic amines) is 1. The third-order valence-electron chi connectivity index (χ3n) is 7.18. The van der Waals surface area contributed by atoms with Crippen LogP contribution < -0.4 is 25.8 Å². The van der Waals surface area contributed by atoms with Crippen molar-refractivity contribution in [2.24, 2.45) is 10.7 Å². The molecule has 0 aliphatic carbocycles. The molecule has 0 radical (unpaired) electrons. The van der Waals surface area contributed by atoms with Gasteiger partial charge in [-0.25, -0.2) is 19.3 Å². The molecule has 3 heterocycles. The number of carbonyl (C=O) groups excluding carboxylic acids is 1. The number of hydrogen-bond donors (Lipinski definition) is 3. The zero-order valence-electron chi connectivity index (χ0n) is 24.5. The zero-order valence-corrected chi connectivity index (χ0v) is 24.5. The number of aromatic nitrogens is 3. The largest absolute Gasteiger partial charge is 0.495 e. The van der Waals surface area contributed by atoms with Crippen LogP contribution in [0.15, 0.2) is 78.7 Å². The summed E-state index contributed by atoms with van der Waals surface area (Å²) in [7, 11) is 3.23. The minimum atomic E-state index is -0.543. The van der Waals surface area contributed by atoms with E-state index in [0.717, 1.165) is 18.5 Å². The van der Waals surface area contributed by atoms with Crippen molar-refractivity contribution in [3.05, 3.63) is 85.2 Å². The first kappa shape index (κ1) is 30.0. The third-order valence-corrected chi connectivity index (χ3v) is 7.18. The Balaban J connectivity index is 1.34. The number of piperidine rings is 1. The second kappa shape index (κ2) is 13.6. The number of nitrogens with two attached hydrogens (primary N) is 1. The summed E-state index contributed by atoms with van der Waals surface area (Å²) in [5.41, 5.74) is 8.47. The molecular weight excluding hydrogens is 563 g/mol. The molecule has 1 aliphatic heterocycles. The summed E-state index contributed by atoms with van der Waals surface area (Å²) in [5.74, 6) is 0.985. The maximum absolute atomic E-state index is 15.3. The second-order valence-electron chi connectivity index (χ2n) is 9.98. The lowest BCUT2D eigenvalue weighted by Crippen LogP contribution is -2.41. The van der Waals surface area contributed by atoms with Gasteiger partial charge in [0.1, 0.15) is 29.5 Å². The number of fused-ring (bicyclic) bond motifs is 1. The van der Waals surface area contributed by atoms with Crippen LogP contribution >= 0.6 is 0 Å². The van der Waals surface area contributed by atoms with Gasteiger partial charge in [0.15, 0.2) is 0 Å². The average Bonchev–Trinajstić information content (AvgIpc) is 3.05. The first-order valence-electron chi connectivity index (χ1n) is 14.0. The molecule has 0 saturated carbocycles. The lowest BCUT2D eigenvalue weighted by molar-refractivity contribution is -0.126. The van der Waals surface area contributed by atoms with E-state index >= 15 is 4.39 Å². The van der Waals surface area contributed by atoms with Gasteiger partial charge >= 0.3 is 0 Å². The highest BCUT2D eigenvalue weighted by atomic mass is 19.1. The number of methoxy groups -OCH3 is 1. The van der Waals surface area contributed by atoms with Crippen LogP contribution in [0.1, 0.15) is 18.5 Å². The fourth-order valence-corrected chi connectivity index (χ4v) is 4.93. The van der Waals surface area contributed by atoms with E-state index in [1.54, 1.807) is 55.6 Å². The molecule has 44 heavy (non-hydrogen) atoms. The number of allylic oxidation sites excluding steroid dienone is 1. The maximum atomic E-state index is 15.3. The second-order valence-corrected chi connectivity index (χ2v) is 9.98. The van der Waals surface area contributed by atoms with Gasteiger partial charge in [-0.15, -0.1) is 0 Å². The van der Waals surface area contributed by atoms with E-state index < -0.39 is 5.82 Å². The molecule has 226 valence electrons. The van der Waals surface area contributed by atoms with Crippen LogP contribution in [0.5, 0.6) is 17.4 Å². The number of amides is 1. The number of aliphatic imine (C=N–C) groups is 1. The molecule has 2 aromatic carbocycles. The molecule has 0 atom stereocenters. The van der Waals surface area contributed by atoms with E-state index in [1.807, 2.05) is 12.1 Å². The molecule has 2 aromatic heterocycles. The smallest absolute Gasteiger partial charge is 0.245 e. The first-order chi connectivity index (χ1) is 21.4. The summed E-state index contributed by atoms with van der Waals surface area (Å²) in [5, 5.41) is 7.30. The van der Waals surface area contributed by atoms with Gasteiger partial charge in [0, 0.05) is 67.8 Å². The Labute approximate surface area is 254 Å². The normalized spacial score (nSPS) is 14.1. The van der Waals surface area contributed by atoms with Crippen molar-refractivity contribution in [1.82, 2.24) is 19.9 Å². The van der Waals surface area contributed by atoms with Crippen LogP contribution in [0.2, 0.25) is 0 Å². The molecule has 1 saturated heterocycles. The van der Waals surface area contributed by atoms with Gasteiger partial charge < -0.3 is 30.7 Å². The Kier molecular flexibility index (Phi) is 9.28. The first-order valence-corrected chi connectivity index (χ1v) is 14.0. The molecule has 12 heteroatoms. The highest BCUT2D eigenvalue weighted by Gasteiger charge is 2.23. The number of anilines is 3. The van der Waals surface area contributed by atoms with E-state index in [9.17, 15) is 4.79 Å². The Hall–Kier alpha value is -5.52. The number of ether oxygens (including phenoxy) is 2. The van der Waals surface area contributed by atoms with Crippen LogP contribution in [0.25, 0.3) is 16.5 Å². The van der Waals surface area contributed by atoms with Crippen LogP contribution in [0.3, 0.4) is 0 Å². The summed E-state index contributed by atoms with van der Waals surface area (Å²) < 4.78 is 26.8. The third kappa shape index (κ3) is 6.75. The number of hydrogen-bond acceptors (Lipinski definition) is 10. The molecule has 1 fully saturated rings. The van der Waals surface area contributed by atoms with Crippen LogP contribution in [0.4, 0.5) is 21.6 Å². The van der Waals surface area contributed by atoms with Gasteiger partial charge in [-0.2, -0.15) is 0 Å². The number of rotatable bonds is 10. The molecule has 1 aliphatic rings. The molecule has 5 rings (SSSR count). The summed E-state index contributed by atoms with van der Waals surface area (Å²) in [6.07, 6.45) is 7.29. The standard InChI is InChI=1S/C32H33FN8O3/c1-4-31(42)41-12-10-21(11-13-41)38-28-15-23-27(16-29(28)43-3)36-19-37-32(23)40-26-9-8-22(14-24(26)33)44-30-7-5-6-25(39-30)20(17-34)18-35-2/h4-9,14-19,21,38H,1,10-13,34H2,2-3H3,(H,36,37,40)/b20-17+,35-18?. The minimum Gasteiger partial charge on any atom is -0.495 e. The van der Waals surface area contributed by atoms with Crippen molar-refractivity contribution < 1.29 is 18.7 Å². The summed E-state index contributed by atoms with van der Waals surface area (Å²) in [6, 6.07) is 13.5. The SMILES string of the molecule is C=CC(=O)N1CCC(Nc2cc3c(Nc4ccc(Oc5cccc(/C(C=NC)=C/N)n5)cc4F)ncnc3cc2OC)CC1. The van der Waals surface area contributed by atoms with Gasteiger partial charge in [0.2, 0.25) is 11.8 Å². The van der Waals surface area contributed by atoms with Gasteiger partial charge in [-0.1, -0.05) is 12.6 Å². The molecule has 1 amide bonds. The Morgan fingerprint density at radius 1 is 1.16 bits per heavy atom. The number of carbonyl (C=O) groups is 1. The number of nitrogens with zero attached hydrogens (tertiary/aromatic N) is 5. The molecule has 11 nitrogen and oxygen atoms in total.